The van der Waals surface area contributed by atoms with Crippen molar-refractivity contribution in [1.29, 1.82) is 0 Å². The van der Waals surface area contributed by atoms with E-state index >= 15 is 0 Å². The summed E-state index contributed by atoms with van der Waals surface area (Å²) in [6.45, 7) is 0.419. The minimum absolute atomic E-state index is 0.221. The van der Waals surface area contributed by atoms with E-state index in [-0.39, 0.29) is 5.82 Å². The van der Waals surface area contributed by atoms with Gasteiger partial charge in [0.15, 0.2) is 0 Å². The van der Waals surface area contributed by atoms with Crippen molar-refractivity contribution < 1.29 is 4.39 Å². The molecule has 0 atom stereocenters. The Morgan fingerprint density at radius 1 is 1.42 bits per heavy atom. The fourth-order valence-electron chi connectivity index (χ4n) is 1.92. The van der Waals surface area contributed by atoms with Gasteiger partial charge < -0.3 is 5.73 Å². The topological polar surface area (TPSA) is 69.6 Å². The van der Waals surface area contributed by atoms with E-state index in [1.54, 1.807) is 6.07 Å². The van der Waals surface area contributed by atoms with Gasteiger partial charge >= 0.3 is 0 Å². The molecule has 0 aliphatic heterocycles. The van der Waals surface area contributed by atoms with Crippen LogP contribution in [-0.4, -0.2) is 26.8 Å². The summed E-state index contributed by atoms with van der Waals surface area (Å²) in [5, 5.41) is 12.4. The van der Waals surface area contributed by atoms with Crippen molar-refractivity contribution in [2.24, 2.45) is 5.73 Å². The van der Waals surface area contributed by atoms with Gasteiger partial charge in [0.1, 0.15) is 5.82 Å². The predicted molar refractivity (Wildman–Crippen MR) is 69.4 cm³/mol. The Labute approximate surface area is 114 Å². The third-order valence-corrected chi connectivity index (χ3v) is 4.08. The number of aromatic nitrogens is 4. The van der Waals surface area contributed by atoms with E-state index in [0.717, 1.165) is 17.7 Å². The van der Waals surface area contributed by atoms with E-state index in [2.05, 4.69) is 15.5 Å². The van der Waals surface area contributed by atoms with Gasteiger partial charge in [0.2, 0.25) is 5.16 Å². The minimum atomic E-state index is -0.221. The number of halogens is 1. The van der Waals surface area contributed by atoms with Crippen molar-refractivity contribution in [3.8, 4) is 0 Å². The number of tetrazole rings is 1. The first-order chi connectivity index (χ1) is 9.29. The molecule has 2 N–H and O–H groups in total. The average Bonchev–Trinajstić information content (AvgIpc) is 3.14. The zero-order valence-corrected chi connectivity index (χ0v) is 11.1. The molecule has 0 saturated heterocycles. The van der Waals surface area contributed by atoms with Crippen molar-refractivity contribution in [3.05, 3.63) is 29.6 Å². The van der Waals surface area contributed by atoms with Crippen LogP contribution in [0.15, 0.2) is 28.3 Å². The molecule has 1 aliphatic rings. The van der Waals surface area contributed by atoms with E-state index in [9.17, 15) is 4.39 Å². The van der Waals surface area contributed by atoms with Crippen LogP contribution in [0.5, 0.6) is 0 Å². The summed E-state index contributed by atoms with van der Waals surface area (Å²) in [6, 6.07) is 5.44. The van der Waals surface area contributed by atoms with Crippen LogP contribution in [0.4, 0.5) is 4.39 Å². The Hall–Kier alpha value is -1.47. The molecule has 0 spiro atoms. The maximum Gasteiger partial charge on any atom is 0.214 e. The lowest BCUT2D eigenvalue weighted by Crippen LogP contribution is -2.06. The largest absolute Gasteiger partial charge is 0.330 e. The number of hydrogen-bond donors (Lipinski definition) is 1. The lowest BCUT2D eigenvalue weighted by Gasteiger charge is -2.09. The van der Waals surface area contributed by atoms with E-state index in [4.69, 9.17) is 5.73 Å². The molecule has 19 heavy (non-hydrogen) atoms. The Kier molecular flexibility index (Phi) is 3.48. The number of benzene rings is 1. The monoisotopic (exact) mass is 279 g/mol. The SMILES string of the molecule is NCCc1c(F)cccc1Sc1nnnn1C1CC1. The van der Waals surface area contributed by atoms with Crippen LogP contribution in [0, 0.1) is 5.82 Å². The Balaban J connectivity index is 1.90. The predicted octanol–water partition coefficient (Wildman–Crippen LogP) is 1.80. The summed E-state index contributed by atoms with van der Waals surface area (Å²) in [5.74, 6) is -0.221. The van der Waals surface area contributed by atoms with Gasteiger partial charge in [-0.25, -0.2) is 9.07 Å². The van der Waals surface area contributed by atoms with Gasteiger partial charge in [-0.05, 0) is 60.1 Å². The normalized spacial score (nSPS) is 14.8. The molecule has 5 nitrogen and oxygen atoms in total. The van der Waals surface area contributed by atoms with Crippen LogP contribution in [0.2, 0.25) is 0 Å². The zero-order chi connectivity index (χ0) is 13.2. The van der Waals surface area contributed by atoms with Gasteiger partial charge in [-0.15, -0.1) is 5.10 Å². The van der Waals surface area contributed by atoms with Crippen LogP contribution < -0.4 is 5.73 Å². The summed E-state index contributed by atoms with van der Waals surface area (Å²) < 4.78 is 15.6. The van der Waals surface area contributed by atoms with Crippen molar-refractivity contribution in [2.75, 3.05) is 6.54 Å². The van der Waals surface area contributed by atoms with Gasteiger partial charge in [0.25, 0.3) is 0 Å². The molecule has 7 heteroatoms. The molecular formula is C12H14FN5S. The fourth-order valence-corrected chi connectivity index (χ4v) is 2.94. The number of nitrogens with two attached hydrogens (primary N) is 1. The summed E-state index contributed by atoms with van der Waals surface area (Å²) in [7, 11) is 0. The van der Waals surface area contributed by atoms with E-state index < -0.39 is 0 Å². The first-order valence-electron chi connectivity index (χ1n) is 6.22. The minimum Gasteiger partial charge on any atom is -0.330 e. The maximum atomic E-state index is 13.8. The Morgan fingerprint density at radius 2 is 2.26 bits per heavy atom. The van der Waals surface area contributed by atoms with Crippen LogP contribution in [-0.2, 0) is 6.42 Å². The van der Waals surface area contributed by atoms with Crippen molar-refractivity contribution in [2.45, 2.75) is 35.4 Å². The standard InChI is InChI=1S/C12H14FN5S/c13-10-2-1-3-11(9(10)6-7-14)19-12-15-16-17-18(12)8-4-5-8/h1-3,8H,4-7,14H2. The van der Waals surface area contributed by atoms with Crippen molar-refractivity contribution >= 4 is 11.8 Å². The molecule has 0 unspecified atom stereocenters. The molecule has 1 heterocycles. The van der Waals surface area contributed by atoms with Gasteiger partial charge in [-0.3, -0.25) is 0 Å². The highest BCUT2D eigenvalue weighted by Gasteiger charge is 2.28. The van der Waals surface area contributed by atoms with Crippen LogP contribution in [0.1, 0.15) is 24.4 Å². The smallest absolute Gasteiger partial charge is 0.214 e. The molecule has 0 radical (unpaired) electrons. The van der Waals surface area contributed by atoms with Crippen LogP contribution in [0.25, 0.3) is 0 Å². The lowest BCUT2D eigenvalue weighted by molar-refractivity contribution is 0.565. The maximum absolute atomic E-state index is 13.8. The quantitative estimate of drug-likeness (QED) is 0.903. The summed E-state index contributed by atoms with van der Waals surface area (Å²) >= 11 is 1.40. The van der Waals surface area contributed by atoms with Gasteiger partial charge in [0, 0.05) is 10.5 Å². The highest BCUT2D eigenvalue weighted by atomic mass is 32.2. The first-order valence-corrected chi connectivity index (χ1v) is 7.04. The van der Waals surface area contributed by atoms with Crippen molar-refractivity contribution in [1.82, 2.24) is 20.2 Å². The second kappa shape index (κ2) is 5.26. The summed E-state index contributed by atoms with van der Waals surface area (Å²) in [4.78, 5) is 0.835. The van der Waals surface area contributed by atoms with Gasteiger partial charge in [-0.1, -0.05) is 6.07 Å². The molecule has 1 aromatic heterocycles. The molecule has 3 rings (SSSR count). The second-order valence-corrected chi connectivity index (χ2v) is 5.50. The highest BCUT2D eigenvalue weighted by Crippen LogP contribution is 2.38. The molecule has 1 saturated carbocycles. The molecule has 2 aromatic rings. The molecule has 1 aliphatic carbocycles. The van der Waals surface area contributed by atoms with Crippen molar-refractivity contribution in [3.63, 3.8) is 0 Å². The molecule has 1 fully saturated rings. The third-order valence-electron chi connectivity index (χ3n) is 3.03. The first kappa shape index (κ1) is 12.6. The van der Waals surface area contributed by atoms with Gasteiger partial charge in [0.05, 0.1) is 6.04 Å². The molecular weight excluding hydrogens is 265 g/mol. The highest BCUT2D eigenvalue weighted by molar-refractivity contribution is 7.99. The Morgan fingerprint density at radius 3 is 3.00 bits per heavy atom. The molecule has 100 valence electrons. The molecule has 1 aromatic carbocycles. The molecule has 0 amide bonds. The van der Waals surface area contributed by atoms with Gasteiger partial charge in [-0.2, -0.15) is 0 Å². The second-order valence-electron chi connectivity index (χ2n) is 4.49. The Bertz CT molecular complexity index is 581. The number of rotatable bonds is 5. The van der Waals surface area contributed by atoms with Crippen LogP contribution in [0.3, 0.4) is 0 Å². The third kappa shape index (κ3) is 2.62. The average molecular weight is 279 g/mol. The van der Waals surface area contributed by atoms with Crippen LogP contribution >= 0.6 is 11.8 Å². The number of hydrogen-bond acceptors (Lipinski definition) is 5. The summed E-state index contributed by atoms with van der Waals surface area (Å²) in [5.41, 5.74) is 6.18. The summed E-state index contributed by atoms with van der Waals surface area (Å²) in [6.07, 6.45) is 2.73. The molecule has 0 bridgehead atoms. The lowest BCUT2D eigenvalue weighted by atomic mass is 10.1. The van der Waals surface area contributed by atoms with E-state index in [0.29, 0.717) is 29.7 Å². The zero-order valence-electron chi connectivity index (χ0n) is 10.3. The number of nitrogens with zero attached hydrogens (tertiary/aromatic N) is 4. The van der Waals surface area contributed by atoms with E-state index in [1.807, 2.05) is 10.7 Å². The van der Waals surface area contributed by atoms with E-state index in [1.165, 1.54) is 17.8 Å². The fraction of sp³-hybridized carbons (Fsp3) is 0.417.